The molecule has 4 aliphatic heterocycles. The summed E-state index contributed by atoms with van der Waals surface area (Å²) < 4.78 is 72.5. The van der Waals surface area contributed by atoms with E-state index < -0.39 is 141 Å². The Hall–Kier alpha value is -6.62. The number of nitrogens with one attached hydrogen (secondary N) is 9. The smallest absolute Gasteiger partial charge is 0.407 e. The highest BCUT2D eigenvalue weighted by atomic mass is 33.1. The second kappa shape index (κ2) is 76.0. The van der Waals surface area contributed by atoms with Crippen LogP contribution in [0.3, 0.4) is 0 Å². The molecule has 0 aliphatic carbocycles. The monoisotopic (exact) mass is 2050 g/mol. The van der Waals surface area contributed by atoms with Crippen molar-refractivity contribution in [2.45, 2.75) is 381 Å². The van der Waals surface area contributed by atoms with Crippen LogP contribution in [0.4, 0.5) is 4.79 Å². The molecule has 4 rings (SSSR count). The van der Waals surface area contributed by atoms with Gasteiger partial charge < -0.3 is 160 Å². The molecular formula is C94H170N10O34S2. The number of esters is 2. The summed E-state index contributed by atoms with van der Waals surface area (Å²) in [6, 6.07) is -3.17. The van der Waals surface area contributed by atoms with Gasteiger partial charge >= 0.3 is 18.0 Å². The van der Waals surface area contributed by atoms with Crippen LogP contribution in [0.5, 0.6) is 0 Å². The van der Waals surface area contributed by atoms with E-state index in [0.29, 0.717) is 181 Å². The van der Waals surface area contributed by atoms with E-state index in [-0.39, 0.29) is 149 Å². The molecule has 4 fully saturated rings. The number of methoxy groups -OCH3 is 2. The van der Waals surface area contributed by atoms with Crippen LogP contribution < -0.4 is 47.9 Å². The lowest BCUT2D eigenvalue weighted by atomic mass is 9.83. The Labute approximate surface area is 834 Å². The minimum atomic E-state index is -1.45. The number of aliphatic hydroxyl groups excluding tert-OH is 9. The molecule has 18 N–H and O–H groups in total. The third kappa shape index (κ3) is 55.6. The lowest BCUT2D eigenvalue weighted by Gasteiger charge is -2.42. The average molecular weight is 2050 g/mol. The fraction of sp³-hybridized carbons (Fsp3) is 0.872. The van der Waals surface area contributed by atoms with Crippen LogP contribution in [-0.2, 0) is 114 Å². The Morgan fingerprint density at radius 3 is 1.15 bits per heavy atom. The number of aliphatic hydroxyl groups is 9. The van der Waals surface area contributed by atoms with Gasteiger partial charge in [-0.15, -0.1) is 11.7 Å². The Balaban J connectivity index is 0.00000174. The van der Waals surface area contributed by atoms with E-state index in [1.165, 1.54) is 31.6 Å². The number of ether oxygens (including phenoxy) is 13. The van der Waals surface area contributed by atoms with Crippen molar-refractivity contribution in [1.29, 1.82) is 0 Å². The zero-order valence-corrected chi connectivity index (χ0v) is 85.5. The molecule has 0 saturated carbocycles. The van der Waals surface area contributed by atoms with Gasteiger partial charge in [-0.2, -0.15) is 0 Å². The van der Waals surface area contributed by atoms with Crippen LogP contribution in [0.2, 0.25) is 0 Å². The number of alkyl carbamates (subject to hydrolysis) is 1. The summed E-state index contributed by atoms with van der Waals surface area (Å²) in [7, 11) is 4.78. The fourth-order valence-electron chi connectivity index (χ4n) is 16.1. The molecule has 4 aliphatic rings. The maximum Gasteiger partial charge on any atom is 0.407 e. The highest BCUT2D eigenvalue weighted by molar-refractivity contribution is 8.69. The minimum absolute atomic E-state index is 0.00557. The number of hydrogen-bond donors (Lipinski definition) is 19. The van der Waals surface area contributed by atoms with Crippen molar-refractivity contribution in [3.8, 4) is 0 Å². The number of likely N-dealkylation sites (tertiary alicyclic amines) is 1. The van der Waals surface area contributed by atoms with Crippen LogP contribution in [0.15, 0.2) is 0 Å². The first-order valence-corrected chi connectivity index (χ1v) is 51.9. The summed E-state index contributed by atoms with van der Waals surface area (Å²) in [5.74, 6) is -2.97. The molecular weight excluding hydrogens is 1880 g/mol. The number of carbonyl (C=O) groups is 12. The van der Waals surface area contributed by atoms with Crippen molar-refractivity contribution in [3.05, 3.63) is 0 Å². The summed E-state index contributed by atoms with van der Waals surface area (Å²) in [5, 5.41) is 116. The molecule has 4 heterocycles. The summed E-state index contributed by atoms with van der Waals surface area (Å²) in [6.45, 7) is 13.0. The summed E-state index contributed by atoms with van der Waals surface area (Å²) in [5.41, 5.74) is -0.916. The third-order valence-corrected chi connectivity index (χ3v) is 26.1. The molecule has 0 bridgehead atoms. The van der Waals surface area contributed by atoms with Crippen molar-refractivity contribution in [1.82, 2.24) is 52.8 Å². The number of thiol groups is 1. The SMILES string of the molecule is CCCOCCOCCC(=O)NC(CCCOC(=O)CCCCCCCNC(=O)CCCOC1OC(CO)C(O)C(O)C1NC(C)=O)(CCCOC(=O)CCCCCCCNC(=O)CCCOC1OC(CO)C(O)C(O)C1NC(C)=O)CCCOC(=O)NCCCCCCNC(=O)CCCOC1OC(CO)C(O)C(O)C1NC(C)=O.COC[C@H]1C[C@H](OC)CN1C(=O)CCCNC(=O)CCC(C)(C)SS. The first kappa shape index (κ1) is 128. The normalized spacial score (nSPS) is 23.3. The highest BCUT2D eigenvalue weighted by Gasteiger charge is 2.49. The molecule has 0 radical (unpaired) electrons. The molecule has 44 nitrogen and oxygen atoms in total. The van der Waals surface area contributed by atoms with E-state index in [4.69, 9.17) is 61.6 Å². The van der Waals surface area contributed by atoms with Gasteiger partial charge in [0.15, 0.2) is 18.9 Å². The lowest BCUT2D eigenvalue weighted by molar-refractivity contribution is -0.270. The van der Waals surface area contributed by atoms with E-state index in [1.54, 1.807) is 14.2 Å². The number of amides is 10. The Bertz CT molecular complexity index is 3220. The quantitative estimate of drug-likeness (QED) is 0.0136. The molecule has 4 saturated heterocycles. The van der Waals surface area contributed by atoms with Crippen LogP contribution in [0.25, 0.3) is 0 Å². The molecule has 140 heavy (non-hydrogen) atoms. The van der Waals surface area contributed by atoms with Crippen LogP contribution in [-0.4, -0.2) is 382 Å². The van der Waals surface area contributed by atoms with E-state index in [0.717, 1.165) is 70.6 Å². The number of hydrogen-bond acceptors (Lipinski definition) is 36. The molecule has 46 heteroatoms. The topological polar surface area (TPSA) is 618 Å². The van der Waals surface area contributed by atoms with Crippen molar-refractivity contribution in [2.75, 3.05) is 146 Å². The standard InChI is InChI=1S/C77H138N8O30.C17H32N2O4S2/c1-5-39-105-47-48-106-46-31-61(95)85-77(32-23-43-107-62(96)29-14-8-6-10-16-35-78-58(92)26-20-40-109-73-64(82-52(2)89)70(101)67(98)55(49-86)113-73,33-24-44-108-63(97)30-15-9-7-11-17-36-79-59(93)27-21-41-110-74-65(83-53(3)90)71(102)68(99)56(50-87)114-74)34-25-45-112-76(104)81-38-19-13-12-18-37-80-60(94)28-22-42-111-75-66(84-54(4)91)72(103)69(100)57(51-88)115-75;1-17(2,25-24)8-7-15(20)18-9-5-6-16(21)19-11-14(23-4)10-13(19)12-22-3/h55-57,64-75,86-88,98-103H,5-51H2,1-4H3,(H,78,92)(H,79,93)(H,80,94)(H,81,104)(H,82,89)(H,83,90)(H,84,91)(H,85,95);13-14,24H,5-12H2,1-4H3,(H,18,20)/t;13-,14+/m.1/s1. The first-order chi connectivity index (χ1) is 67.1. The van der Waals surface area contributed by atoms with Gasteiger partial charge in [0, 0.05) is 143 Å². The van der Waals surface area contributed by atoms with Crippen LogP contribution >= 0.6 is 22.5 Å². The third-order valence-electron chi connectivity index (χ3n) is 23.9. The predicted molar refractivity (Wildman–Crippen MR) is 516 cm³/mol. The number of carbonyl (C=O) groups excluding carboxylic acids is 12. The van der Waals surface area contributed by atoms with Gasteiger partial charge in [0.25, 0.3) is 0 Å². The average Bonchev–Trinajstić information content (AvgIpc) is 0.971. The van der Waals surface area contributed by atoms with Gasteiger partial charge in [0.2, 0.25) is 53.2 Å². The van der Waals surface area contributed by atoms with Gasteiger partial charge in [0.05, 0.1) is 98.0 Å². The van der Waals surface area contributed by atoms with E-state index >= 15 is 0 Å². The number of rotatable bonds is 76. The Morgan fingerprint density at radius 1 is 0.400 bits per heavy atom. The van der Waals surface area contributed by atoms with Crippen molar-refractivity contribution < 1.29 is 165 Å². The van der Waals surface area contributed by atoms with Crippen molar-refractivity contribution in [3.63, 3.8) is 0 Å². The maximum absolute atomic E-state index is 13.8. The second-order valence-corrected chi connectivity index (χ2v) is 38.2. The fourth-order valence-corrected chi connectivity index (χ4v) is 16.6. The largest absolute Gasteiger partial charge is 0.466 e. The Kier molecular flexibility index (Phi) is 69.2. The Morgan fingerprint density at radius 2 is 0.771 bits per heavy atom. The lowest BCUT2D eigenvalue weighted by Crippen LogP contribution is -2.64. The van der Waals surface area contributed by atoms with Crippen molar-refractivity contribution in [2.24, 2.45) is 0 Å². The highest BCUT2D eigenvalue weighted by Crippen LogP contribution is 2.33. The van der Waals surface area contributed by atoms with Gasteiger partial charge in [-0.3, -0.25) is 52.7 Å². The molecule has 0 spiro atoms. The van der Waals surface area contributed by atoms with Gasteiger partial charge in [-0.25, -0.2) is 4.79 Å². The van der Waals surface area contributed by atoms with Gasteiger partial charge in [0.1, 0.15) is 73.1 Å². The zero-order valence-electron chi connectivity index (χ0n) is 83.7. The van der Waals surface area contributed by atoms with Gasteiger partial charge in [-0.1, -0.05) is 69.1 Å². The molecule has 0 aromatic rings. The van der Waals surface area contributed by atoms with Gasteiger partial charge in [-0.05, 0) is 136 Å². The van der Waals surface area contributed by atoms with Crippen LogP contribution in [0.1, 0.15) is 266 Å². The summed E-state index contributed by atoms with van der Waals surface area (Å²) >= 11 is 4.21. The minimum Gasteiger partial charge on any atom is -0.466 e. The second-order valence-electron chi connectivity index (χ2n) is 36.4. The molecule has 812 valence electrons. The molecule has 17 atom stereocenters. The summed E-state index contributed by atoms with van der Waals surface area (Å²) in [4.78, 5) is 152. The van der Waals surface area contributed by atoms with Crippen LogP contribution in [0, 0.1) is 0 Å². The maximum atomic E-state index is 13.8. The number of unbranched alkanes of at least 4 members (excludes halogenated alkanes) is 11. The molecule has 0 aromatic carbocycles. The molecule has 0 aromatic heterocycles. The molecule has 15 unspecified atom stereocenters. The molecule has 10 amide bonds. The van der Waals surface area contributed by atoms with Crippen molar-refractivity contribution >= 4 is 93.7 Å². The van der Waals surface area contributed by atoms with E-state index in [1.807, 2.05) is 11.8 Å². The predicted octanol–water partition coefficient (Wildman–Crippen LogP) is 1.92. The van der Waals surface area contributed by atoms with E-state index in [2.05, 4.69) is 73.4 Å². The van der Waals surface area contributed by atoms with E-state index in [9.17, 15) is 103 Å². The summed E-state index contributed by atoms with van der Waals surface area (Å²) in [6.07, 6.45) is 1.85. The zero-order chi connectivity index (χ0) is 103. The number of nitrogens with zero attached hydrogens (tertiary/aromatic N) is 1. The first-order valence-electron chi connectivity index (χ1n) is 50.0.